The van der Waals surface area contributed by atoms with Crippen molar-refractivity contribution in [3.63, 3.8) is 0 Å². The number of thioether (sulfide) groups is 1. The van der Waals surface area contributed by atoms with Crippen LogP contribution in [0.1, 0.15) is 27.9 Å². The highest BCUT2D eigenvalue weighted by Gasteiger charge is 2.27. The van der Waals surface area contributed by atoms with E-state index < -0.39 is 0 Å². The van der Waals surface area contributed by atoms with Crippen LogP contribution in [0.5, 0.6) is 11.6 Å². The minimum atomic E-state index is -0.239. The van der Waals surface area contributed by atoms with Crippen molar-refractivity contribution < 1.29 is 14.2 Å². The van der Waals surface area contributed by atoms with E-state index >= 15 is 0 Å². The lowest BCUT2D eigenvalue weighted by molar-refractivity contribution is 0.278. The smallest absolute Gasteiger partial charge is 0.227 e. The van der Waals surface area contributed by atoms with Crippen LogP contribution in [0.3, 0.4) is 0 Å². The number of hydrogen-bond acceptors (Lipinski definition) is 6. The zero-order valence-corrected chi connectivity index (χ0v) is 18.2. The minimum absolute atomic E-state index is 0.130. The van der Waals surface area contributed by atoms with Gasteiger partial charge >= 0.3 is 0 Å². The zero-order valence-electron chi connectivity index (χ0n) is 17.4. The van der Waals surface area contributed by atoms with Crippen molar-refractivity contribution in [1.82, 2.24) is 15.0 Å². The van der Waals surface area contributed by atoms with Gasteiger partial charge in [0.15, 0.2) is 11.6 Å². The van der Waals surface area contributed by atoms with Gasteiger partial charge in [0, 0.05) is 35.1 Å². The maximum Gasteiger partial charge on any atom is 0.227 e. The zero-order chi connectivity index (χ0) is 22.1. The van der Waals surface area contributed by atoms with Crippen molar-refractivity contribution in [1.29, 1.82) is 0 Å². The molecule has 0 bridgehead atoms. The molecule has 0 aliphatic carbocycles. The van der Waals surface area contributed by atoms with E-state index in [1.165, 1.54) is 17.8 Å². The fourth-order valence-corrected chi connectivity index (χ4v) is 4.70. The van der Waals surface area contributed by atoms with Crippen molar-refractivity contribution in [2.24, 2.45) is 0 Å². The summed E-state index contributed by atoms with van der Waals surface area (Å²) in [4.78, 5) is 13.9. The molecule has 0 saturated heterocycles. The van der Waals surface area contributed by atoms with Crippen LogP contribution in [0.25, 0.3) is 11.4 Å². The highest BCUT2D eigenvalue weighted by Crippen LogP contribution is 2.43. The first-order chi connectivity index (χ1) is 15.6. The van der Waals surface area contributed by atoms with Crippen molar-refractivity contribution >= 4 is 11.8 Å². The second-order valence-electron chi connectivity index (χ2n) is 7.50. The van der Waals surface area contributed by atoms with Gasteiger partial charge < -0.3 is 9.84 Å². The lowest BCUT2D eigenvalue weighted by atomic mass is 9.99. The largest absolute Gasteiger partial charge is 0.436 e. The second kappa shape index (κ2) is 8.68. The summed E-state index contributed by atoms with van der Waals surface area (Å²) < 4.78 is 20.4. The Labute approximate surface area is 189 Å². The maximum atomic E-state index is 14.2. The maximum absolute atomic E-state index is 14.2. The van der Waals surface area contributed by atoms with Gasteiger partial charge in [0.1, 0.15) is 10.8 Å². The van der Waals surface area contributed by atoms with Crippen LogP contribution in [-0.2, 0) is 18.8 Å². The van der Waals surface area contributed by atoms with Gasteiger partial charge in [-0.05, 0) is 18.6 Å². The molecule has 160 valence electrons. The monoisotopic (exact) mass is 445 g/mol. The molecule has 0 radical (unpaired) electrons. The average Bonchev–Trinajstić information content (AvgIpc) is 2.83. The predicted molar refractivity (Wildman–Crippen MR) is 121 cm³/mol. The third-order valence-corrected chi connectivity index (χ3v) is 6.48. The number of rotatable bonds is 5. The molecule has 2 aromatic heterocycles. The summed E-state index contributed by atoms with van der Waals surface area (Å²) >= 11 is 1.45. The van der Waals surface area contributed by atoms with Crippen LogP contribution in [0.15, 0.2) is 65.8 Å². The Balaban J connectivity index is 1.60. The SMILES string of the molecule is Cc1ncc(CO)c2c1Oc1nc(-c3ccccc3)nc(SCc3ccccc3F)c1C2. The predicted octanol–water partition coefficient (Wildman–Crippen LogP) is 5.47. The van der Waals surface area contributed by atoms with E-state index in [1.807, 2.05) is 43.3 Å². The fraction of sp³-hybridized carbons (Fsp3) is 0.160. The molecule has 0 saturated carbocycles. The van der Waals surface area contributed by atoms with Crippen LogP contribution in [0.2, 0.25) is 0 Å². The number of hydrogen-bond donors (Lipinski definition) is 1. The molecule has 0 amide bonds. The average molecular weight is 446 g/mol. The molecule has 1 aliphatic heterocycles. The lowest BCUT2D eigenvalue weighted by Gasteiger charge is -2.24. The van der Waals surface area contributed by atoms with Crippen molar-refractivity contribution in [3.05, 3.63) is 94.6 Å². The Bertz CT molecular complexity index is 1300. The number of ether oxygens (including phenoxy) is 1. The molecular formula is C25H20FN3O2S. The van der Waals surface area contributed by atoms with E-state index in [2.05, 4.69) is 4.98 Å². The molecule has 7 heteroatoms. The highest BCUT2D eigenvalue weighted by molar-refractivity contribution is 7.98. The molecule has 1 aliphatic rings. The minimum Gasteiger partial charge on any atom is -0.436 e. The standard InChI is InChI=1S/C25H20FN3O2S/c1-15-22-19(18(13-30)12-27-15)11-20-24(31-22)28-23(16-7-3-2-4-8-16)29-25(20)32-14-17-9-5-6-10-21(17)26/h2-10,12,30H,11,13-14H2,1H3. The molecule has 0 unspecified atom stereocenters. The van der Waals surface area contributed by atoms with Crippen LogP contribution >= 0.6 is 11.8 Å². The molecule has 3 heterocycles. The number of aromatic nitrogens is 3. The molecule has 0 fully saturated rings. The summed E-state index contributed by atoms with van der Waals surface area (Å²) in [6, 6.07) is 16.4. The summed E-state index contributed by atoms with van der Waals surface area (Å²) in [5.41, 5.74) is 4.66. The lowest BCUT2D eigenvalue weighted by Crippen LogP contribution is -2.13. The number of aliphatic hydroxyl groups is 1. The Hall–Kier alpha value is -3.29. The number of halogens is 1. The van der Waals surface area contributed by atoms with Gasteiger partial charge in [0.2, 0.25) is 5.88 Å². The Morgan fingerprint density at radius 1 is 1.00 bits per heavy atom. The van der Waals surface area contributed by atoms with Crippen LogP contribution in [-0.4, -0.2) is 20.1 Å². The summed E-state index contributed by atoms with van der Waals surface area (Å²) in [7, 11) is 0. The molecule has 0 spiro atoms. The number of nitrogens with zero attached hydrogens (tertiary/aromatic N) is 3. The van der Waals surface area contributed by atoms with E-state index in [0.717, 1.165) is 27.4 Å². The van der Waals surface area contributed by atoms with Gasteiger partial charge in [-0.3, -0.25) is 4.98 Å². The van der Waals surface area contributed by atoms with Crippen LogP contribution in [0, 0.1) is 12.7 Å². The quantitative estimate of drug-likeness (QED) is 0.286. The number of fused-ring (bicyclic) bond motifs is 2. The highest BCUT2D eigenvalue weighted by atomic mass is 32.2. The van der Waals surface area contributed by atoms with Gasteiger partial charge in [-0.15, -0.1) is 11.8 Å². The molecular weight excluding hydrogens is 425 g/mol. The number of benzene rings is 2. The van der Waals surface area contributed by atoms with E-state index in [0.29, 0.717) is 40.8 Å². The van der Waals surface area contributed by atoms with E-state index in [9.17, 15) is 9.50 Å². The first kappa shape index (κ1) is 20.6. The molecule has 5 rings (SSSR count). The Kier molecular flexibility index (Phi) is 5.59. The Morgan fingerprint density at radius 2 is 1.78 bits per heavy atom. The van der Waals surface area contributed by atoms with E-state index in [1.54, 1.807) is 18.3 Å². The van der Waals surface area contributed by atoms with Crippen LogP contribution < -0.4 is 4.74 Å². The molecule has 0 atom stereocenters. The molecule has 5 nitrogen and oxygen atoms in total. The number of aryl methyl sites for hydroxylation is 1. The van der Waals surface area contributed by atoms with E-state index in [-0.39, 0.29) is 12.4 Å². The number of aliphatic hydroxyl groups excluding tert-OH is 1. The molecule has 2 aromatic carbocycles. The molecule has 1 N–H and O–H groups in total. The summed E-state index contributed by atoms with van der Waals surface area (Å²) in [6.07, 6.45) is 2.19. The van der Waals surface area contributed by atoms with Crippen molar-refractivity contribution in [2.45, 2.75) is 30.7 Å². The second-order valence-corrected chi connectivity index (χ2v) is 8.46. The molecule has 4 aromatic rings. The van der Waals surface area contributed by atoms with Gasteiger partial charge in [-0.2, -0.15) is 4.98 Å². The van der Waals surface area contributed by atoms with Crippen molar-refractivity contribution in [2.75, 3.05) is 0 Å². The summed E-state index contributed by atoms with van der Waals surface area (Å²) in [6.45, 7) is 1.74. The van der Waals surface area contributed by atoms with Crippen LogP contribution in [0.4, 0.5) is 4.39 Å². The van der Waals surface area contributed by atoms with Gasteiger partial charge in [-0.25, -0.2) is 9.37 Å². The summed E-state index contributed by atoms with van der Waals surface area (Å²) in [5, 5.41) is 10.5. The first-order valence-corrected chi connectivity index (χ1v) is 11.2. The Morgan fingerprint density at radius 3 is 2.56 bits per heavy atom. The normalized spacial score (nSPS) is 12.1. The van der Waals surface area contributed by atoms with E-state index in [4.69, 9.17) is 14.7 Å². The third-order valence-electron chi connectivity index (χ3n) is 5.41. The third kappa shape index (κ3) is 3.85. The first-order valence-electron chi connectivity index (χ1n) is 10.2. The van der Waals surface area contributed by atoms with Gasteiger partial charge in [-0.1, -0.05) is 48.5 Å². The topological polar surface area (TPSA) is 68.1 Å². The fourth-order valence-electron chi connectivity index (χ4n) is 3.69. The molecule has 32 heavy (non-hydrogen) atoms. The number of pyridine rings is 1. The van der Waals surface area contributed by atoms with Gasteiger partial charge in [0.05, 0.1) is 17.9 Å². The van der Waals surface area contributed by atoms with Crippen molar-refractivity contribution in [3.8, 4) is 23.0 Å². The van der Waals surface area contributed by atoms with Gasteiger partial charge in [0.25, 0.3) is 0 Å². The summed E-state index contributed by atoms with van der Waals surface area (Å²) in [5.74, 6) is 1.85.